The fourth-order valence-corrected chi connectivity index (χ4v) is 3.76. The molecule has 2 heterocycles. The Morgan fingerprint density at radius 2 is 1.88 bits per heavy atom. The van der Waals surface area contributed by atoms with Crippen molar-refractivity contribution in [1.29, 1.82) is 0 Å². The molecule has 1 fully saturated rings. The molecule has 0 bridgehead atoms. The maximum atomic E-state index is 12.4. The standard InChI is InChI=1S/C12H14N2O3.C4H3NO2.Al/c1-17-9-4-2-3-8(5-9)7-13-10-6-11(15)14-12(10)16;6-3-1-2-4(7)5-3;/h2-5,10,13H,6-7H2,1H3,(H,14,15,16);1-2H,(H,5,6,7);/q;;+2/p-2. The molecule has 0 aromatic heterocycles. The lowest BCUT2D eigenvalue weighted by molar-refractivity contribution is -0.134. The Morgan fingerprint density at radius 3 is 2.56 bits per heavy atom. The number of methoxy groups -OCH3 is 1. The molecule has 8 nitrogen and oxygen atoms in total. The molecule has 4 amide bonds. The fraction of sp³-hybridized carbons (Fsp3) is 0.250. The van der Waals surface area contributed by atoms with Gasteiger partial charge in [-0.2, -0.15) is 0 Å². The Balaban J connectivity index is 1.61. The molecule has 1 atom stereocenters. The molecule has 25 heavy (non-hydrogen) atoms. The molecule has 1 radical (unpaired) electrons. The summed E-state index contributed by atoms with van der Waals surface area (Å²) in [7, 11) is 1.57. The molecule has 1 saturated heterocycles. The minimum atomic E-state index is -1.22. The number of ether oxygens (including phenoxy) is 1. The van der Waals surface area contributed by atoms with Crippen molar-refractivity contribution in [1.82, 2.24) is 13.1 Å². The zero-order chi connectivity index (χ0) is 18.0. The Labute approximate surface area is 150 Å². The molecular formula is C16H15AlN3O5. The molecule has 2 aliphatic rings. The highest BCUT2D eigenvalue weighted by atomic mass is 27.1. The highest BCUT2D eigenvalue weighted by molar-refractivity contribution is 6.51. The molecule has 127 valence electrons. The van der Waals surface area contributed by atoms with Gasteiger partial charge in [-0.15, -0.1) is 0 Å². The predicted octanol–water partition coefficient (Wildman–Crippen LogP) is -0.629. The zero-order valence-electron chi connectivity index (χ0n) is 13.5. The maximum absolute atomic E-state index is 12.4. The van der Waals surface area contributed by atoms with Gasteiger partial charge in [-0.1, -0.05) is 12.1 Å². The first-order chi connectivity index (χ1) is 12.0. The Kier molecular flexibility index (Phi) is 4.99. The van der Waals surface area contributed by atoms with Gasteiger partial charge in [0, 0.05) is 25.1 Å². The van der Waals surface area contributed by atoms with Gasteiger partial charge >= 0.3 is 15.7 Å². The van der Waals surface area contributed by atoms with E-state index in [4.69, 9.17) is 4.74 Å². The molecule has 1 aromatic carbocycles. The summed E-state index contributed by atoms with van der Waals surface area (Å²) in [5, 5.41) is 3.05. The van der Waals surface area contributed by atoms with Crippen LogP contribution in [0.25, 0.3) is 0 Å². The van der Waals surface area contributed by atoms with Gasteiger partial charge in [-0.05, 0) is 17.7 Å². The van der Waals surface area contributed by atoms with Gasteiger partial charge in [0.2, 0.25) is 23.6 Å². The van der Waals surface area contributed by atoms with Crippen molar-refractivity contribution < 1.29 is 23.9 Å². The van der Waals surface area contributed by atoms with Crippen LogP contribution in [0.15, 0.2) is 36.4 Å². The summed E-state index contributed by atoms with van der Waals surface area (Å²) in [6, 6.07) is 6.71. The smallest absolute Gasteiger partial charge is 0.497 e. The average Bonchev–Trinajstić information content (AvgIpc) is 3.07. The third-order valence-electron chi connectivity index (χ3n) is 3.94. The van der Waals surface area contributed by atoms with Crippen LogP contribution in [0.3, 0.4) is 0 Å². The van der Waals surface area contributed by atoms with E-state index in [1.165, 1.54) is 0 Å². The van der Waals surface area contributed by atoms with Crippen molar-refractivity contribution in [3.63, 3.8) is 0 Å². The molecule has 0 saturated carbocycles. The van der Waals surface area contributed by atoms with E-state index in [0.29, 0.717) is 12.3 Å². The number of nitrogens with zero attached hydrogens (tertiary/aromatic N) is 2. The largest absolute Gasteiger partial charge is 0.574 e. The van der Waals surface area contributed by atoms with E-state index >= 15 is 0 Å². The average molecular weight is 356 g/mol. The molecule has 0 spiro atoms. The summed E-state index contributed by atoms with van der Waals surface area (Å²) in [4.78, 5) is 47.7. The van der Waals surface area contributed by atoms with Crippen LogP contribution in [-0.2, 0) is 25.7 Å². The van der Waals surface area contributed by atoms with Gasteiger partial charge in [-0.3, -0.25) is 19.2 Å². The van der Waals surface area contributed by atoms with Crippen LogP contribution >= 0.6 is 0 Å². The zero-order valence-corrected chi connectivity index (χ0v) is 14.6. The van der Waals surface area contributed by atoms with Crippen molar-refractivity contribution in [3.05, 3.63) is 42.0 Å². The van der Waals surface area contributed by atoms with Gasteiger partial charge in [0.15, 0.2) is 0 Å². The first-order valence-electron chi connectivity index (χ1n) is 7.62. The van der Waals surface area contributed by atoms with Crippen molar-refractivity contribution in [2.45, 2.75) is 19.0 Å². The summed E-state index contributed by atoms with van der Waals surface area (Å²) in [6.45, 7) is 0.396. The fourth-order valence-electron chi connectivity index (χ4n) is 2.60. The molecule has 1 N–H and O–H groups in total. The predicted molar refractivity (Wildman–Crippen MR) is 86.8 cm³/mol. The van der Waals surface area contributed by atoms with Crippen LogP contribution in [0.2, 0.25) is 0 Å². The highest BCUT2D eigenvalue weighted by Crippen LogP contribution is 2.16. The topological polar surface area (TPSA) is 96.0 Å². The molecule has 2 aliphatic heterocycles. The third-order valence-corrected chi connectivity index (χ3v) is 5.46. The molecule has 1 aromatic rings. The SMILES string of the molecule is COc1cccc(CNC2CC(=O)[N]([Al][N]3C(=O)C=CC3=O)C2=O)c1. The number of imide groups is 2. The van der Waals surface area contributed by atoms with Crippen LogP contribution < -0.4 is 10.1 Å². The maximum Gasteiger partial charge on any atom is 0.574 e. The summed E-state index contributed by atoms with van der Waals surface area (Å²) >= 11 is -1.22. The lowest BCUT2D eigenvalue weighted by Crippen LogP contribution is -2.49. The number of hydrogen-bond donors (Lipinski definition) is 1. The number of benzene rings is 1. The van der Waals surface area contributed by atoms with E-state index in [1.807, 2.05) is 24.3 Å². The van der Waals surface area contributed by atoms with Crippen molar-refractivity contribution >= 4 is 39.3 Å². The van der Waals surface area contributed by atoms with Gasteiger partial charge in [0.1, 0.15) is 5.75 Å². The van der Waals surface area contributed by atoms with Gasteiger partial charge in [0.25, 0.3) is 0 Å². The van der Waals surface area contributed by atoms with Gasteiger partial charge in [-0.25, -0.2) is 0 Å². The van der Waals surface area contributed by atoms with E-state index in [0.717, 1.165) is 25.5 Å². The second kappa shape index (κ2) is 7.19. The van der Waals surface area contributed by atoms with Crippen LogP contribution in [0.1, 0.15) is 12.0 Å². The Morgan fingerprint density at radius 1 is 1.16 bits per heavy atom. The number of rotatable bonds is 6. The summed E-state index contributed by atoms with van der Waals surface area (Å²) in [6.07, 6.45) is 2.29. The van der Waals surface area contributed by atoms with E-state index in [9.17, 15) is 19.2 Å². The second-order valence-corrected chi connectivity index (χ2v) is 6.85. The first-order valence-corrected chi connectivity index (χ1v) is 8.65. The molecule has 1 unspecified atom stereocenters. The Hall–Kier alpha value is -2.47. The number of amides is 4. The molecule has 3 rings (SSSR count). The van der Waals surface area contributed by atoms with E-state index < -0.39 is 39.4 Å². The van der Waals surface area contributed by atoms with Crippen molar-refractivity contribution in [2.75, 3.05) is 7.11 Å². The lowest BCUT2D eigenvalue weighted by Gasteiger charge is -2.20. The number of nitrogens with one attached hydrogen (secondary N) is 1. The highest BCUT2D eigenvalue weighted by Gasteiger charge is 2.42. The monoisotopic (exact) mass is 356 g/mol. The minimum absolute atomic E-state index is 0.0133. The van der Waals surface area contributed by atoms with Crippen molar-refractivity contribution in [2.24, 2.45) is 0 Å². The first kappa shape index (κ1) is 17.4. The number of hydrogen-bond acceptors (Lipinski definition) is 6. The quantitative estimate of drug-likeness (QED) is 0.539. The number of carbonyl (C=O) groups is 4. The summed E-state index contributed by atoms with van der Waals surface area (Å²) < 4.78 is 7.11. The normalized spacial score (nSPS) is 20.0. The van der Waals surface area contributed by atoms with Gasteiger partial charge < -0.3 is 17.8 Å². The van der Waals surface area contributed by atoms with E-state index in [-0.39, 0.29) is 12.3 Å². The van der Waals surface area contributed by atoms with Crippen LogP contribution in [0, 0.1) is 0 Å². The van der Waals surface area contributed by atoms with E-state index in [2.05, 4.69) is 5.32 Å². The molecule has 9 heteroatoms. The lowest BCUT2D eigenvalue weighted by atomic mass is 10.2. The Bertz CT molecular complexity index is 761. The number of carbonyl (C=O) groups excluding carboxylic acids is 4. The van der Waals surface area contributed by atoms with Gasteiger partial charge in [0.05, 0.1) is 13.2 Å². The minimum Gasteiger partial charge on any atom is -0.497 e. The summed E-state index contributed by atoms with van der Waals surface area (Å²) in [5.41, 5.74) is 0.916. The van der Waals surface area contributed by atoms with Crippen molar-refractivity contribution in [3.8, 4) is 5.75 Å². The second-order valence-electron chi connectivity index (χ2n) is 5.59. The molecular weight excluding hydrogens is 341 g/mol. The van der Waals surface area contributed by atoms with Crippen LogP contribution in [-0.4, -0.2) is 60.2 Å². The van der Waals surface area contributed by atoms with Crippen LogP contribution in [0.5, 0.6) is 5.75 Å². The molecule has 0 aliphatic carbocycles. The van der Waals surface area contributed by atoms with E-state index in [1.54, 1.807) is 7.11 Å². The third kappa shape index (κ3) is 3.64. The summed E-state index contributed by atoms with van der Waals surface area (Å²) in [5.74, 6) is -1.06. The van der Waals surface area contributed by atoms with Crippen LogP contribution in [0.4, 0.5) is 0 Å².